The van der Waals surface area contributed by atoms with Crippen LogP contribution in [0.4, 0.5) is 11.5 Å². The molecule has 0 bridgehead atoms. The lowest BCUT2D eigenvalue weighted by Crippen LogP contribution is -2.02. The number of nitrogens with two attached hydrogens (primary N) is 1. The molecular formula is C8H15N4. The fraction of sp³-hybridized carbons (Fsp3) is 0.500. The largest absolute Gasteiger partial charge is 0.394 e. The molecule has 0 atom stereocenters. The minimum absolute atomic E-state index is 0.724. The number of nitrogens with one attached hydrogen (secondary N) is 1. The molecule has 3 N–H and O–H groups in total. The van der Waals surface area contributed by atoms with Gasteiger partial charge in [-0.1, -0.05) is 6.92 Å². The molecule has 0 aliphatic heterocycles. The summed E-state index contributed by atoms with van der Waals surface area (Å²) in [5.41, 5.74) is 7.37. The lowest BCUT2D eigenvalue weighted by atomic mass is 10.4. The Hall–Kier alpha value is -1.19. The molecule has 1 radical (unpaired) electrons. The van der Waals surface area contributed by atoms with E-state index in [9.17, 15) is 0 Å². The lowest BCUT2D eigenvalue weighted by molar-refractivity contribution is 0.761. The van der Waals surface area contributed by atoms with Crippen LogP contribution in [-0.2, 0) is 7.05 Å². The Kier molecular flexibility index (Phi) is 2.58. The summed E-state index contributed by atoms with van der Waals surface area (Å²) in [5.74, 6) is 0.870. The van der Waals surface area contributed by atoms with Crippen molar-refractivity contribution in [1.29, 1.82) is 0 Å². The van der Waals surface area contributed by atoms with E-state index in [4.69, 9.17) is 5.73 Å². The van der Waals surface area contributed by atoms with E-state index in [0.29, 0.717) is 0 Å². The Morgan fingerprint density at radius 3 is 2.75 bits per heavy atom. The summed E-state index contributed by atoms with van der Waals surface area (Å²) >= 11 is 0. The van der Waals surface area contributed by atoms with Crippen LogP contribution in [0.5, 0.6) is 0 Å². The van der Waals surface area contributed by atoms with Gasteiger partial charge in [-0.05, 0) is 13.3 Å². The fourth-order valence-corrected chi connectivity index (χ4v) is 1.04. The number of aromatic nitrogens is 2. The summed E-state index contributed by atoms with van der Waals surface area (Å²) < 4.78 is 1.75. The van der Waals surface area contributed by atoms with E-state index < -0.39 is 0 Å². The highest BCUT2D eigenvalue weighted by atomic mass is 15.3. The van der Waals surface area contributed by atoms with E-state index in [0.717, 1.165) is 23.6 Å². The van der Waals surface area contributed by atoms with Gasteiger partial charge < -0.3 is 11.1 Å². The van der Waals surface area contributed by atoms with Crippen molar-refractivity contribution in [3.8, 4) is 0 Å². The Morgan fingerprint density at radius 1 is 1.67 bits per heavy atom. The number of rotatable bonds is 3. The van der Waals surface area contributed by atoms with Gasteiger partial charge in [0.15, 0.2) is 0 Å². The SMILES string of the molecule is CC[CH]Nc1c(N)c(C)nn1C. The van der Waals surface area contributed by atoms with E-state index in [2.05, 4.69) is 17.3 Å². The maximum Gasteiger partial charge on any atom is 0.148 e. The average molecular weight is 167 g/mol. The van der Waals surface area contributed by atoms with E-state index >= 15 is 0 Å². The average Bonchev–Trinajstić information content (AvgIpc) is 2.25. The van der Waals surface area contributed by atoms with Gasteiger partial charge in [0.05, 0.1) is 11.4 Å². The quantitative estimate of drug-likeness (QED) is 0.713. The zero-order valence-corrected chi connectivity index (χ0v) is 7.76. The summed E-state index contributed by atoms with van der Waals surface area (Å²) in [7, 11) is 1.87. The molecule has 0 aliphatic carbocycles. The maximum absolute atomic E-state index is 5.78. The molecule has 0 aromatic carbocycles. The van der Waals surface area contributed by atoms with E-state index in [-0.39, 0.29) is 0 Å². The van der Waals surface area contributed by atoms with Crippen LogP contribution in [0, 0.1) is 13.5 Å². The zero-order chi connectivity index (χ0) is 9.14. The zero-order valence-electron chi connectivity index (χ0n) is 7.76. The molecule has 0 saturated heterocycles. The Balaban J connectivity index is 2.82. The number of hydrogen-bond acceptors (Lipinski definition) is 3. The van der Waals surface area contributed by atoms with Gasteiger partial charge in [0.25, 0.3) is 0 Å². The minimum Gasteiger partial charge on any atom is -0.394 e. The molecule has 0 unspecified atom stereocenters. The first-order chi connectivity index (χ1) is 5.66. The van der Waals surface area contributed by atoms with Crippen molar-refractivity contribution in [2.24, 2.45) is 7.05 Å². The van der Waals surface area contributed by atoms with Crippen LogP contribution in [0.2, 0.25) is 0 Å². The predicted molar refractivity (Wildman–Crippen MR) is 50.6 cm³/mol. The van der Waals surface area contributed by atoms with Gasteiger partial charge in [-0.2, -0.15) is 5.10 Å². The summed E-state index contributed by atoms with van der Waals surface area (Å²) in [6.45, 7) is 5.91. The molecule has 1 rings (SSSR count). The Bertz CT molecular complexity index is 264. The molecule has 1 heterocycles. The highest BCUT2D eigenvalue weighted by Crippen LogP contribution is 2.20. The van der Waals surface area contributed by atoms with Crippen molar-refractivity contribution in [1.82, 2.24) is 9.78 Å². The second kappa shape index (κ2) is 3.47. The second-order valence-electron chi connectivity index (χ2n) is 2.73. The number of anilines is 2. The third kappa shape index (κ3) is 1.52. The topological polar surface area (TPSA) is 55.9 Å². The standard InChI is InChI=1S/C8H15N4/c1-4-5-10-8-7(9)6(2)11-12(8)3/h5,10H,4,9H2,1-3H3. The summed E-state index contributed by atoms with van der Waals surface area (Å²) in [4.78, 5) is 0. The van der Waals surface area contributed by atoms with Crippen molar-refractivity contribution in [3.63, 3.8) is 0 Å². The monoisotopic (exact) mass is 167 g/mol. The van der Waals surface area contributed by atoms with Gasteiger partial charge in [-0.25, -0.2) is 0 Å². The van der Waals surface area contributed by atoms with Crippen LogP contribution in [0.1, 0.15) is 19.0 Å². The molecule has 0 fully saturated rings. The second-order valence-corrected chi connectivity index (χ2v) is 2.73. The smallest absolute Gasteiger partial charge is 0.148 e. The fourth-order valence-electron chi connectivity index (χ4n) is 1.04. The van der Waals surface area contributed by atoms with Gasteiger partial charge in [0, 0.05) is 13.6 Å². The molecule has 0 amide bonds. The molecule has 4 heteroatoms. The molecule has 1 aromatic rings. The predicted octanol–water partition coefficient (Wildman–Crippen LogP) is 1.29. The van der Waals surface area contributed by atoms with Gasteiger partial charge in [0.1, 0.15) is 5.82 Å². The van der Waals surface area contributed by atoms with Crippen molar-refractivity contribution in [2.45, 2.75) is 20.3 Å². The number of hydrogen-bond donors (Lipinski definition) is 2. The number of aryl methyl sites for hydroxylation is 2. The van der Waals surface area contributed by atoms with E-state index in [1.807, 2.05) is 20.5 Å². The minimum atomic E-state index is 0.724. The highest BCUT2D eigenvalue weighted by Gasteiger charge is 2.07. The maximum atomic E-state index is 5.78. The normalized spacial score (nSPS) is 10.2. The number of nitrogens with zero attached hydrogens (tertiary/aromatic N) is 2. The Morgan fingerprint density at radius 2 is 2.33 bits per heavy atom. The summed E-state index contributed by atoms with van der Waals surface area (Å²) in [5, 5.41) is 7.27. The van der Waals surface area contributed by atoms with Crippen LogP contribution in [-0.4, -0.2) is 9.78 Å². The van der Waals surface area contributed by atoms with Gasteiger partial charge in [-0.15, -0.1) is 0 Å². The van der Waals surface area contributed by atoms with E-state index in [1.54, 1.807) is 4.68 Å². The molecule has 0 aliphatic rings. The van der Waals surface area contributed by atoms with Crippen molar-refractivity contribution in [3.05, 3.63) is 12.2 Å². The summed E-state index contributed by atoms with van der Waals surface area (Å²) in [6.07, 6.45) is 0.962. The summed E-state index contributed by atoms with van der Waals surface area (Å²) in [6, 6.07) is 0. The van der Waals surface area contributed by atoms with Crippen molar-refractivity contribution >= 4 is 11.5 Å². The van der Waals surface area contributed by atoms with Crippen LogP contribution in [0.3, 0.4) is 0 Å². The first-order valence-corrected chi connectivity index (χ1v) is 4.04. The van der Waals surface area contributed by atoms with Gasteiger partial charge >= 0.3 is 0 Å². The van der Waals surface area contributed by atoms with E-state index in [1.165, 1.54) is 0 Å². The first kappa shape index (κ1) is 8.90. The van der Waals surface area contributed by atoms with Crippen LogP contribution in [0.15, 0.2) is 0 Å². The molecule has 1 aromatic heterocycles. The molecular weight excluding hydrogens is 152 g/mol. The number of nitrogen functional groups attached to an aromatic ring is 1. The molecule has 67 valence electrons. The van der Waals surface area contributed by atoms with Crippen molar-refractivity contribution in [2.75, 3.05) is 11.1 Å². The van der Waals surface area contributed by atoms with Crippen molar-refractivity contribution < 1.29 is 0 Å². The van der Waals surface area contributed by atoms with Crippen LogP contribution in [0.25, 0.3) is 0 Å². The third-order valence-corrected chi connectivity index (χ3v) is 1.71. The lowest BCUT2D eigenvalue weighted by Gasteiger charge is -2.04. The van der Waals surface area contributed by atoms with Crippen LogP contribution < -0.4 is 11.1 Å². The molecule has 4 nitrogen and oxygen atoms in total. The molecule has 0 spiro atoms. The Labute approximate surface area is 72.8 Å². The first-order valence-electron chi connectivity index (χ1n) is 4.04. The van der Waals surface area contributed by atoms with Crippen LogP contribution >= 0.6 is 0 Å². The molecule has 12 heavy (non-hydrogen) atoms. The molecule has 0 saturated carbocycles. The third-order valence-electron chi connectivity index (χ3n) is 1.71. The van der Waals surface area contributed by atoms with Gasteiger partial charge in [-0.3, -0.25) is 4.68 Å². The highest BCUT2D eigenvalue weighted by molar-refractivity contribution is 5.65. The van der Waals surface area contributed by atoms with Gasteiger partial charge in [0.2, 0.25) is 0 Å².